The van der Waals surface area contributed by atoms with Crippen molar-refractivity contribution in [3.63, 3.8) is 0 Å². The maximum Gasteiger partial charge on any atom is 0.281 e. The lowest BCUT2D eigenvalue weighted by atomic mass is 10.2. The van der Waals surface area contributed by atoms with Crippen molar-refractivity contribution >= 4 is 11.6 Å². The van der Waals surface area contributed by atoms with E-state index in [0.29, 0.717) is 11.4 Å². The summed E-state index contributed by atoms with van der Waals surface area (Å²) >= 11 is 0. The number of aliphatic hydroxyl groups excluding tert-OH is 1. The molecule has 0 aliphatic carbocycles. The van der Waals surface area contributed by atoms with Crippen LogP contribution in [0.15, 0.2) is 40.9 Å². The lowest BCUT2D eigenvalue weighted by Crippen LogP contribution is -2.15. The number of benzene rings is 1. The number of aliphatic hydroxyl groups is 1. The van der Waals surface area contributed by atoms with Gasteiger partial charge in [-0.3, -0.25) is 4.79 Å². The Morgan fingerprint density at radius 3 is 2.59 bits per heavy atom. The van der Waals surface area contributed by atoms with Gasteiger partial charge in [-0.15, -0.1) is 4.91 Å². The second-order valence-electron chi connectivity index (χ2n) is 3.18. The van der Waals surface area contributed by atoms with Gasteiger partial charge in [0.25, 0.3) is 5.91 Å². The minimum Gasteiger partial charge on any atom is -0.510 e. The van der Waals surface area contributed by atoms with Gasteiger partial charge in [-0.05, 0) is 24.2 Å². The molecule has 0 spiro atoms. The van der Waals surface area contributed by atoms with Gasteiger partial charge in [0.1, 0.15) is 11.5 Å². The van der Waals surface area contributed by atoms with Crippen LogP contribution in [0, 0.1) is 4.91 Å². The SMILES string of the molecule is COc1ccccc1NC(=O)/C(N=O)=C(/C)O. The number of nitrogens with one attached hydrogen (secondary N) is 1. The van der Waals surface area contributed by atoms with Crippen LogP contribution in [-0.2, 0) is 4.79 Å². The average Bonchev–Trinajstić information content (AvgIpc) is 2.30. The minimum atomic E-state index is -0.788. The van der Waals surface area contributed by atoms with Gasteiger partial charge in [-0.2, -0.15) is 0 Å². The molecule has 0 bridgehead atoms. The molecule has 1 amide bonds. The number of rotatable bonds is 4. The summed E-state index contributed by atoms with van der Waals surface area (Å²) in [7, 11) is 1.46. The third-order valence-corrected chi connectivity index (χ3v) is 2.00. The molecule has 0 saturated heterocycles. The highest BCUT2D eigenvalue weighted by molar-refractivity contribution is 6.04. The van der Waals surface area contributed by atoms with E-state index >= 15 is 0 Å². The van der Waals surface area contributed by atoms with Crippen molar-refractivity contribution in [1.82, 2.24) is 0 Å². The molecule has 6 nitrogen and oxygen atoms in total. The Bertz CT molecular complexity index is 464. The zero-order valence-electron chi connectivity index (χ0n) is 9.43. The van der Waals surface area contributed by atoms with Crippen molar-refractivity contribution in [3.8, 4) is 5.75 Å². The highest BCUT2D eigenvalue weighted by Crippen LogP contribution is 2.23. The van der Waals surface area contributed by atoms with Crippen LogP contribution in [0.5, 0.6) is 5.75 Å². The fraction of sp³-hybridized carbons (Fsp3) is 0.182. The minimum absolute atomic E-state index is 0.391. The quantitative estimate of drug-likeness (QED) is 0.476. The first-order chi connectivity index (χ1) is 8.10. The molecule has 1 aromatic rings. The topological polar surface area (TPSA) is 88.0 Å². The number of hydrogen-bond donors (Lipinski definition) is 2. The standard InChI is InChI=1S/C11H12N2O4/c1-7(14)10(13-16)11(15)12-8-5-3-4-6-9(8)17-2/h3-6,14H,1-2H3,(H,12,15)/b10-7+. The van der Waals surface area contributed by atoms with Gasteiger partial charge in [-0.25, -0.2) is 0 Å². The Morgan fingerprint density at radius 1 is 1.41 bits per heavy atom. The number of nitroso groups, excluding NO2 is 1. The van der Waals surface area contributed by atoms with E-state index in [-0.39, 0.29) is 0 Å². The van der Waals surface area contributed by atoms with Crippen LogP contribution in [0.4, 0.5) is 5.69 Å². The normalized spacial score (nSPS) is 11.4. The summed E-state index contributed by atoms with van der Waals surface area (Å²) in [5.74, 6) is -0.779. The molecule has 0 unspecified atom stereocenters. The summed E-state index contributed by atoms with van der Waals surface area (Å²) in [4.78, 5) is 21.9. The number of methoxy groups -OCH3 is 1. The largest absolute Gasteiger partial charge is 0.510 e. The molecule has 0 atom stereocenters. The van der Waals surface area contributed by atoms with Crippen molar-refractivity contribution < 1.29 is 14.6 Å². The fourth-order valence-electron chi connectivity index (χ4n) is 1.20. The number of ether oxygens (including phenoxy) is 1. The molecular formula is C11H12N2O4. The first-order valence-electron chi connectivity index (χ1n) is 4.77. The van der Waals surface area contributed by atoms with E-state index in [9.17, 15) is 9.70 Å². The summed E-state index contributed by atoms with van der Waals surface area (Å²) in [5, 5.41) is 14.0. The van der Waals surface area contributed by atoms with Crippen molar-refractivity contribution in [2.45, 2.75) is 6.92 Å². The molecule has 6 heteroatoms. The lowest BCUT2D eigenvalue weighted by molar-refractivity contribution is -0.113. The van der Waals surface area contributed by atoms with Crippen LogP contribution in [-0.4, -0.2) is 18.1 Å². The molecule has 0 heterocycles. The molecule has 0 radical (unpaired) electrons. The van der Waals surface area contributed by atoms with Gasteiger partial charge in [0, 0.05) is 0 Å². The number of para-hydroxylation sites is 2. The Labute approximate surface area is 97.9 Å². The van der Waals surface area contributed by atoms with Crippen LogP contribution < -0.4 is 10.1 Å². The van der Waals surface area contributed by atoms with Gasteiger partial charge in [0.2, 0.25) is 5.70 Å². The highest BCUT2D eigenvalue weighted by atomic mass is 16.5. The van der Waals surface area contributed by atoms with Crippen LogP contribution in [0.1, 0.15) is 6.92 Å². The zero-order chi connectivity index (χ0) is 12.8. The van der Waals surface area contributed by atoms with Crippen LogP contribution in [0.25, 0.3) is 0 Å². The maximum absolute atomic E-state index is 11.6. The number of hydrogen-bond acceptors (Lipinski definition) is 5. The van der Waals surface area contributed by atoms with Crippen LogP contribution in [0.2, 0.25) is 0 Å². The van der Waals surface area contributed by atoms with E-state index in [1.54, 1.807) is 24.3 Å². The number of nitrogens with zero attached hydrogens (tertiary/aromatic N) is 1. The Kier molecular flexibility index (Phi) is 4.21. The van der Waals surface area contributed by atoms with E-state index in [0.717, 1.165) is 0 Å². The number of allylic oxidation sites excluding steroid dienone is 1. The van der Waals surface area contributed by atoms with Crippen molar-refractivity contribution in [2.75, 3.05) is 12.4 Å². The zero-order valence-corrected chi connectivity index (χ0v) is 9.43. The third kappa shape index (κ3) is 3.04. The second kappa shape index (κ2) is 5.64. The predicted octanol–water partition coefficient (Wildman–Crippen LogP) is 2.19. The Morgan fingerprint density at radius 2 is 2.06 bits per heavy atom. The van der Waals surface area contributed by atoms with E-state index in [1.165, 1.54) is 14.0 Å². The highest BCUT2D eigenvalue weighted by Gasteiger charge is 2.15. The molecule has 90 valence electrons. The molecular weight excluding hydrogens is 224 g/mol. The van der Waals surface area contributed by atoms with Gasteiger partial charge in [0.05, 0.1) is 12.8 Å². The maximum atomic E-state index is 11.6. The fourth-order valence-corrected chi connectivity index (χ4v) is 1.20. The number of carbonyl (C=O) groups is 1. The van der Waals surface area contributed by atoms with E-state index in [2.05, 4.69) is 10.5 Å². The van der Waals surface area contributed by atoms with E-state index in [4.69, 9.17) is 9.84 Å². The van der Waals surface area contributed by atoms with Gasteiger partial charge < -0.3 is 15.2 Å². The predicted molar refractivity (Wildman–Crippen MR) is 62.7 cm³/mol. The summed E-state index contributed by atoms with van der Waals surface area (Å²) in [6.07, 6.45) is 0. The molecule has 2 N–H and O–H groups in total. The summed E-state index contributed by atoms with van der Waals surface area (Å²) in [5.41, 5.74) is -0.168. The summed E-state index contributed by atoms with van der Waals surface area (Å²) in [6.45, 7) is 1.21. The Hall–Kier alpha value is -2.37. The van der Waals surface area contributed by atoms with Crippen LogP contribution >= 0.6 is 0 Å². The molecule has 0 aromatic heterocycles. The summed E-state index contributed by atoms with van der Waals surface area (Å²) < 4.78 is 5.02. The van der Waals surface area contributed by atoms with Crippen LogP contribution in [0.3, 0.4) is 0 Å². The summed E-state index contributed by atoms with van der Waals surface area (Å²) in [6, 6.07) is 6.69. The average molecular weight is 236 g/mol. The molecule has 1 rings (SSSR count). The van der Waals surface area contributed by atoms with E-state index in [1.807, 2.05) is 0 Å². The molecule has 0 aliphatic rings. The van der Waals surface area contributed by atoms with E-state index < -0.39 is 17.4 Å². The van der Waals surface area contributed by atoms with Gasteiger partial charge in [-0.1, -0.05) is 12.1 Å². The van der Waals surface area contributed by atoms with Gasteiger partial charge in [0.15, 0.2) is 0 Å². The molecule has 0 saturated carbocycles. The smallest absolute Gasteiger partial charge is 0.281 e. The monoisotopic (exact) mass is 236 g/mol. The van der Waals surface area contributed by atoms with Gasteiger partial charge >= 0.3 is 0 Å². The first kappa shape index (κ1) is 12.7. The molecule has 17 heavy (non-hydrogen) atoms. The molecule has 0 aliphatic heterocycles. The number of anilines is 1. The van der Waals surface area contributed by atoms with Crippen molar-refractivity contribution in [2.24, 2.45) is 5.18 Å². The second-order valence-corrected chi connectivity index (χ2v) is 3.18. The number of amides is 1. The Balaban J connectivity index is 2.96. The third-order valence-electron chi connectivity index (χ3n) is 2.00. The first-order valence-corrected chi connectivity index (χ1v) is 4.77. The number of carbonyl (C=O) groups excluding carboxylic acids is 1. The van der Waals surface area contributed by atoms with Crippen molar-refractivity contribution in [3.05, 3.63) is 40.6 Å². The molecule has 1 aromatic carbocycles. The molecule has 0 fully saturated rings. The lowest BCUT2D eigenvalue weighted by Gasteiger charge is -2.09. The van der Waals surface area contributed by atoms with Crippen molar-refractivity contribution in [1.29, 1.82) is 0 Å².